The van der Waals surface area contributed by atoms with Gasteiger partial charge in [0.1, 0.15) is 0 Å². The van der Waals surface area contributed by atoms with Crippen molar-refractivity contribution in [2.75, 3.05) is 0 Å². The molecule has 188 valence electrons. The molecular weight excluding hydrogens is 432 g/mol. The first-order valence-corrected chi connectivity index (χ1v) is 17.1. The Morgan fingerprint density at radius 2 is 1.00 bits per heavy atom. The number of hydrogen-bond donors (Lipinski definition) is 0. The van der Waals surface area contributed by atoms with Crippen LogP contribution < -0.4 is 0 Å². The Labute approximate surface area is 201 Å². The minimum Gasteiger partial charge on any atom is -0.515 e. The van der Waals surface area contributed by atoms with Gasteiger partial charge >= 0.3 is 11.9 Å². The Bertz CT molecular complexity index is 590. The van der Waals surface area contributed by atoms with E-state index in [0.717, 1.165) is 12.8 Å². The molecule has 0 unspecified atom stereocenters. The van der Waals surface area contributed by atoms with Crippen LogP contribution in [0.3, 0.4) is 0 Å². The van der Waals surface area contributed by atoms with Crippen molar-refractivity contribution in [3.63, 3.8) is 0 Å². The number of unbranched alkanes of at least 4 members (excludes halogenated alkanes) is 1. The molecule has 0 aromatic rings. The summed E-state index contributed by atoms with van der Waals surface area (Å²) in [6.07, 6.45) is 3.79. The lowest BCUT2D eigenvalue weighted by atomic mass is 10.1. The maximum Gasteiger partial charge on any atom is 0.320 e. The van der Waals surface area contributed by atoms with Gasteiger partial charge in [0.05, 0.1) is 0 Å². The van der Waals surface area contributed by atoms with Gasteiger partial charge in [0, 0.05) is 11.6 Å². The molecule has 6 heteroatoms. The molecule has 0 aromatic carbocycles. The summed E-state index contributed by atoms with van der Waals surface area (Å²) in [4.78, 5) is 26.6. The average Bonchev–Trinajstić information content (AvgIpc) is 2.65. The summed E-state index contributed by atoms with van der Waals surface area (Å²) < 4.78 is 12.7. The summed E-state index contributed by atoms with van der Waals surface area (Å²) in [5, 5.41) is 0. The predicted molar refractivity (Wildman–Crippen MR) is 142 cm³/mol. The molecule has 0 saturated carbocycles. The van der Waals surface area contributed by atoms with Crippen molar-refractivity contribution >= 4 is 28.6 Å². The maximum atomic E-state index is 13.4. The molecule has 0 atom stereocenters. The second-order valence-electron chi connectivity index (χ2n) is 11.2. The molecule has 0 fully saturated rings. The highest BCUT2D eigenvalue weighted by molar-refractivity contribution is 6.79. The Morgan fingerprint density at radius 3 is 1.31 bits per heavy atom. The maximum absolute atomic E-state index is 13.4. The molecule has 0 radical (unpaired) electrons. The first kappa shape index (κ1) is 31.1. The normalized spacial score (nSPS) is 13.8. The van der Waals surface area contributed by atoms with Crippen LogP contribution in [0.15, 0.2) is 11.6 Å². The third-order valence-electron chi connectivity index (χ3n) is 7.31. The Morgan fingerprint density at radius 1 is 0.656 bits per heavy atom. The van der Waals surface area contributed by atoms with Crippen molar-refractivity contribution in [2.45, 2.75) is 143 Å². The molecule has 4 nitrogen and oxygen atoms in total. The van der Waals surface area contributed by atoms with E-state index in [1.807, 2.05) is 0 Å². The number of carbonyl (C=O) groups excluding carboxylic acids is 2. The molecule has 0 aromatic heterocycles. The van der Waals surface area contributed by atoms with Crippen LogP contribution in [0.1, 0.15) is 109 Å². The van der Waals surface area contributed by atoms with E-state index >= 15 is 0 Å². The molecule has 0 saturated heterocycles. The van der Waals surface area contributed by atoms with Gasteiger partial charge in [-0.05, 0) is 46.1 Å². The highest BCUT2D eigenvalue weighted by atomic mass is 28.4. The summed E-state index contributed by atoms with van der Waals surface area (Å²) in [5.41, 5.74) is 2.27. The molecule has 0 spiro atoms. The van der Waals surface area contributed by atoms with Crippen molar-refractivity contribution in [1.29, 1.82) is 0 Å². The van der Waals surface area contributed by atoms with Gasteiger partial charge in [0.25, 0.3) is 16.6 Å². The molecule has 0 rings (SSSR count). The Hall–Kier alpha value is -0.886. The Balaban J connectivity index is 6.14. The molecule has 0 aliphatic heterocycles. The quantitative estimate of drug-likeness (QED) is 0.194. The monoisotopic (exact) mass is 484 g/mol. The van der Waals surface area contributed by atoms with Crippen molar-refractivity contribution < 1.29 is 18.4 Å². The van der Waals surface area contributed by atoms with Crippen LogP contribution in [0.4, 0.5) is 0 Å². The molecule has 0 N–H and O–H groups in total. The SMILES string of the molecule is CCCC/C(=C/C(=O)O[Si](C(C)C)(C(C)C)C(C)C)C(=O)O[Si](C(C)C)(C(C)C)C(C)C. The minimum atomic E-state index is -2.38. The van der Waals surface area contributed by atoms with E-state index in [2.05, 4.69) is 90.0 Å². The van der Waals surface area contributed by atoms with E-state index in [-0.39, 0.29) is 11.9 Å². The topological polar surface area (TPSA) is 52.6 Å². The van der Waals surface area contributed by atoms with Crippen molar-refractivity contribution in [3.05, 3.63) is 11.6 Å². The van der Waals surface area contributed by atoms with Crippen LogP contribution in [-0.4, -0.2) is 28.6 Å². The van der Waals surface area contributed by atoms with Gasteiger partial charge in [-0.1, -0.05) is 96.4 Å². The molecule has 0 amide bonds. The standard InChI is InChI=1S/C26H52O4Si2/c1-14-15-16-24(26(28)30-32(21(8)9,22(10)11)23(12)13)17-25(27)29-31(18(2)3,19(4)5)20(6)7/h17-23H,14-16H2,1-13H3/b24-17-. The second kappa shape index (κ2) is 13.1. The van der Waals surface area contributed by atoms with Crippen LogP contribution in [0.25, 0.3) is 0 Å². The van der Waals surface area contributed by atoms with Crippen LogP contribution in [0.2, 0.25) is 33.2 Å². The van der Waals surface area contributed by atoms with Gasteiger partial charge in [-0.25, -0.2) is 9.59 Å². The Kier molecular flexibility index (Phi) is 12.8. The van der Waals surface area contributed by atoms with Gasteiger partial charge < -0.3 is 8.85 Å². The third-order valence-corrected chi connectivity index (χ3v) is 19.2. The lowest BCUT2D eigenvalue weighted by Gasteiger charge is -2.41. The van der Waals surface area contributed by atoms with E-state index in [1.54, 1.807) is 0 Å². The lowest BCUT2D eigenvalue weighted by molar-refractivity contribution is -0.134. The van der Waals surface area contributed by atoms with Crippen LogP contribution >= 0.6 is 0 Å². The summed E-state index contributed by atoms with van der Waals surface area (Å²) in [7, 11) is -4.74. The zero-order chi connectivity index (χ0) is 25.4. The number of carbonyl (C=O) groups is 2. The highest BCUT2D eigenvalue weighted by Gasteiger charge is 2.49. The number of hydrogen-bond acceptors (Lipinski definition) is 4. The van der Waals surface area contributed by atoms with Gasteiger partial charge in [-0.2, -0.15) is 0 Å². The van der Waals surface area contributed by atoms with Crippen molar-refractivity contribution in [2.24, 2.45) is 0 Å². The zero-order valence-electron chi connectivity index (χ0n) is 23.3. The minimum absolute atomic E-state index is 0.300. The molecule has 0 aliphatic carbocycles. The smallest absolute Gasteiger partial charge is 0.320 e. The lowest BCUT2D eigenvalue weighted by Crippen LogP contribution is -2.50. The van der Waals surface area contributed by atoms with Gasteiger partial charge in [0.15, 0.2) is 0 Å². The zero-order valence-corrected chi connectivity index (χ0v) is 25.3. The van der Waals surface area contributed by atoms with Crippen LogP contribution in [0.5, 0.6) is 0 Å². The highest BCUT2D eigenvalue weighted by Crippen LogP contribution is 2.44. The van der Waals surface area contributed by atoms with E-state index in [1.165, 1.54) is 6.08 Å². The average molecular weight is 485 g/mol. The summed E-state index contributed by atoms with van der Waals surface area (Å²) in [6.45, 7) is 28.0. The van der Waals surface area contributed by atoms with E-state index < -0.39 is 16.6 Å². The molecule has 0 heterocycles. The second-order valence-corrected chi connectivity index (χ2v) is 22.0. The summed E-state index contributed by atoms with van der Waals surface area (Å²) >= 11 is 0. The summed E-state index contributed by atoms with van der Waals surface area (Å²) in [6, 6.07) is 0. The summed E-state index contributed by atoms with van der Waals surface area (Å²) in [5.74, 6) is -0.689. The van der Waals surface area contributed by atoms with E-state index in [0.29, 0.717) is 45.2 Å². The van der Waals surface area contributed by atoms with Crippen LogP contribution in [0, 0.1) is 0 Å². The molecular formula is C26H52O4Si2. The fourth-order valence-corrected chi connectivity index (χ4v) is 16.2. The van der Waals surface area contributed by atoms with Crippen LogP contribution in [-0.2, 0) is 18.4 Å². The van der Waals surface area contributed by atoms with Gasteiger partial charge in [0.2, 0.25) is 0 Å². The predicted octanol–water partition coefficient (Wildman–Crippen LogP) is 8.54. The molecule has 32 heavy (non-hydrogen) atoms. The largest absolute Gasteiger partial charge is 0.515 e. The van der Waals surface area contributed by atoms with Gasteiger partial charge in [-0.3, -0.25) is 0 Å². The fourth-order valence-electron chi connectivity index (χ4n) is 5.88. The third kappa shape index (κ3) is 7.05. The first-order valence-electron chi connectivity index (χ1n) is 12.8. The van der Waals surface area contributed by atoms with Gasteiger partial charge in [-0.15, -0.1) is 0 Å². The van der Waals surface area contributed by atoms with E-state index in [9.17, 15) is 9.59 Å². The van der Waals surface area contributed by atoms with E-state index in [4.69, 9.17) is 8.85 Å². The fraction of sp³-hybridized carbons (Fsp3) is 0.846. The van der Waals surface area contributed by atoms with Crippen molar-refractivity contribution in [3.8, 4) is 0 Å². The first-order chi connectivity index (χ1) is 14.6. The molecule has 0 bridgehead atoms. The molecule has 0 aliphatic rings. The van der Waals surface area contributed by atoms with Crippen molar-refractivity contribution in [1.82, 2.24) is 0 Å². The number of rotatable bonds is 13.